The Hall–Kier alpha value is -1.49. The van der Waals surface area contributed by atoms with Crippen LogP contribution in [0.15, 0.2) is 23.6 Å². The second-order valence-corrected chi connectivity index (χ2v) is 8.79. The lowest BCUT2D eigenvalue weighted by Crippen LogP contribution is -2.57. The Morgan fingerprint density at radius 1 is 1.33 bits per heavy atom. The highest BCUT2D eigenvalue weighted by Crippen LogP contribution is 2.21. The van der Waals surface area contributed by atoms with Crippen LogP contribution in [0, 0.1) is 6.92 Å². The van der Waals surface area contributed by atoms with Crippen LogP contribution in [0.2, 0.25) is 0 Å². The molecule has 1 fully saturated rings. The lowest BCUT2D eigenvalue weighted by molar-refractivity contribution is 0.0754. The third-order valence-corrected chi connectivity index (χ3v) is 6.17. The predicted octanol–water partition coefficient (Wildman–Crippen LogP) is 0.127. The van der Waals surface area contributed by atoms with E-state index >= 15 is 0 Å². The average Bonchev–Trinajstić information content (AvgIpc) is 2.60. The van der Waals surface area contributed by atoms with Gasteiger partial charge in [0.1, 0.15) is 5.75 Å². The zero-order valence-corrected chi connectivity index (χ0v) is 16.4. The van der Waals surface area contributed by atoms with E-state index in [4.69, 9.17) is 21.3 Å². The number of aliphatic hydroxyl groups is 2. The van der Waals surface area contributed by atoms with Gasteiger partial charge < -0.3 is 26.4 Å². The van der Waals surface area contributed by atoms with Gasteiger partial charge in [-0.1, -0.05) is 6.07 Å². The Balaban J connectivity index is 1.98. The summed E-state index contributed by atoms with van der Waals surface area (Å²) < 4.78 is 31.9. The topological polar surface area (TPSA) is 139 Å². The van der Waals surface area contributed by atoms with Crippen molar-refractivity contribution >= 4 is 16.1 Å². The number of piperidine rings is 1. The SMILES string of the molecule is Cc1cc(OCCC(O)CO)ccc1/C=C/S(=O)(=O)N1CCC(N)(N)CC1. The number of nitrogens with two attached hydrogens (primary N) is 2. The maximum atomic E-state index is 12.5. The van der Waals surface area contributed by atoms with Crippen LogP contribution >= 0.6 is 0 Å². The summed E-state index contributed by atoms with van der Waals surface area (Å²) in [5.41, 5.74) is 12.5. The molecular formula is C18H29N3O5S. The van der Waals surface area contributed by atoms with E-state index in [9.17, 15) is 13.5 Å². The van der Waals surface area contributed by atoms with Gasteiger partial charge in [-0.05, 0) is 49.1 Å². The molecule has 1 saturated heterocycles. The van der Waals surface area contributed by atoms with Gasteiger partial charge in [0.15, 0.2) is 0 Å². The van der Waals surface area contributed by atoms with Crippen LogP contribution < -0.4 is 16.2 Å². The third kappa shape index (κ3) is 6.56. The quantitative estimate of drug-likeness (QED) is 0.456. The molecule has 0 aromatic heterocycles. The van der Waals surface area contributed by atoms with E-state index in [1.165, 1.54) is 9.71 Å². The Kier molecular flexibility index (Phi) is 7.38. The Morgan fingerprint density at radius 2 is 2.00 bits per heavy atom. The molecule has 0 bridgehead atoms. The standard InChI is InChI=1S/C18H29N3O5S/c1-14-12-17(26-10-4-16(23)13-22)3-2-15(14)5-11-27(24,25)21-8-6-18(19,20)7-9-21/h2-3,5,11-12,16,22-23H,4,6-10,13,19-20H2,1H3/b11-5+. The van der Waals surface area contributed by atoms with Gasteiger partial charge in [-0.15, -0.1) is 0 Å². The van der Waals surface area contributed by atoms with Crippen molar-refractivity contribution in [2.45, 2.75) is 38.0 Å². The van der Waals surface area contributed by atoms with Crippen molar-refractivity contribution in [2.75, 3.05) is 26.3 Å². The van der Waals surface area contributed by atoms with Crippen molar-refractivity contribution < 1.29 is 23.4 Å². The van der Waals surface area contributed by atoms with Gasteiger partial charge in [0, 0.05) is 24.9 Å². The molecule has 1 aromatic carbocycles. The van der Waals surface area contributed by atoms with Crippen molar-refractivity contribution in [2.24, 2.45) is 11.5 Å². The molecule has 1 aliphatic rings. The number of hydrogen-bond acceptors (Lipinski definition) is 7. The summed E-state index contributed by atoms with van der Waals surface area (Å²) in [6, 6.07) is 5.32. The first-order chi connectivity index (χ1) is 12.6. The minimum Gasteiger partial charge on any atom is -0.493 e. The average molecular weight is 400 g/mol. The fraction of sp³-hybridized carbons (Fsp3) is 0.556. The van der Waals surface area contributed by atoms with Crippen molar-refractivity contribution in [1.82, 2.24) is 4.31 Å². The molecule has 8 nitrogen and oxygen atoms in total. The van der Waals surface area contributed by atoms with Crippen LogP contribution in [0.3, 0.4) is 0 Å². The lowest BCUT2D eigenvalue weighted by atomic mass is 10.0. The minimum absolute atomic E-state index is 0.281. The van der Waals surface area contributed by atoms with Crippen molar-refractivity contribution in [1.29, 1.82) is 0 Å². The fourth-order valence-corrected chi connectivity index (χ4v) is 3.91. The second kappa shape index (κ2) is 9.13. The van der Waals surface area contributed by atoms with E-state index in [-0.39, 0.29) is 13.2 Å². The lowest BCUT2D eigenvalue weighted by Gasteiger charge is -2.35. The highest BCUT2D eigenvalue weighted by atomic mass is 32.2. The van der Waals surface area contributed by atoms with Gasteiger partial charge in [0.2, 0.25) is 10.0 Å². The number of rotatable bonds is 8. The molecule has 0 radical (unpaired) electrons. The molecule has 1 atom stereocenters. The van der Waals surface area contributed by atoms with Crippen molar-refractivity contribution in [3.8, 4) is 5.75 Å². The van der Waals surface area contributed by atoms with Crippen LogP contribution in [0.25, 0.3) is 6.08 Å². The second-order valence-electron chi connectivity index (χ2n) is 6.97. The van der Waals surface area contributed by atoms with Gasteiger partial charge in [-0.2, -0.15) is 4.31 Å². The molecule has 1 heterocycles. The summed E-state index contributed by atoms with van der Waals surface area (Å²) in [5, 5.41) is 19.3. The molecule has 9 heteroatoms. The zero-order chi connectivity index (χ0) is 20.1. The minimum atomic E-state index is -3.53. The molecule has 2 rings (SSSR count). The van der Waals surface area contributed by atoms with Crippen molar-refractivity contribution in [3.05, 3.63) is 34.7 Å². The summed E-state index contributed by atoms with van der Waals surface area (Å²) in [6.07, 6.45) is 1.96. The molecule has 6 N–H and O–H groups in total. The zero-order valence-electron chi connectivity index (χ0n) is 15.5. The number of sulfonamides is 1. The highest BCUT2D eigenvalue weighted by Gasteiger charge is 2.31. The number of ether oxygens (including phenoxy) is 1. The first kappa shape index (κ1) is 21.8. The number of aliphatic hydroxyl groups excluding tert-OH is 2. The summed E-state index contributed by atoms with van der Waals surface area (Å²) in [5.74, 6) is 0.621. The largest absolute Gasteiger partial charge is 0.493 e. The molecule has 0 amide bonds. The predicted molar refractivity (Wildman–Crippen MR) is 104 cm³/mol. The van der Waals surface area contributed by atoms with Crippen LogP contribution in [0.4, 0.5) is 0 Å². The maximum absolute atomic E-state index is 12.5. The van der Waals surface area contributed by atoms with Crippen LogP contribution in [-0.4, -0.2) is 61.0 Å². The van der Waals surface area contributed by atoms with Gasteiger partial charge >= 0.3 is 0 Å². The van der Waals surface area contributed by atoms with Gasteiger partial charge in [-0.3, -0.25) is 0 Å². The van der Waals surface area contributed by atoms with Crippen LogP contribution in [0.1, 0.15) is 30.4 Å². The summed E-state index contributed by atoms with van der Waals surface area (Å²) in [7, 11) is -3.53. The summed E-state index contributed by atoms with van der Waals surface area (Å²) in [4.78, 5) is 0. The molecule has 0 spiro atoms. The van der Waals surface area contributed by atoms with Gasteiger partial charge in [0.05, 0.1) is 25.0 Å². The third-order valence-electron chi connectivity index (χ3n) is 4.60. The first-order valence-corrected chi connectivity index (χ1v) is 10.4. The summed E-state index contributed by atoms with van der Waals surface area (Å²) >= 11 is 0. The summed E-state index contributed by atoms with van der Waals surface area (Å²) in [6.45, 7) is 2.47. The number of aryl methyl sites for hydroxylation is 1. The van der Waals surface area contributed by atoms with Gasteiger partial charge in [-0.25, -0.2) is 8.42 Å². The molecular weight excluding hydrogens is 370 g/mol. The van der Waals surface area contributed by atoms with E-state index in [0.717, 1.165) is 11.1 Å². The van der Waals surface area contributed by atoms with E-state index < -0.39 is 21.8 Å². The molecule has 1 aromatic rings. The van der Waals surface area contributed by atoms with E-state index in [1.807, 2.05) is 6.92 Å². The van der Waals surface area contributed by atoms with E-state index in [1.54, 1.807) is 24.3 Å². The fourth-order valence-electron chi connectivity index (χ4n) is 2.73. The van der Waals surface area contributed by atoms with E-state index in [2.05, 4.69) is 0 Å². The Labute approximate surface area is 160 Å². The monoisotopic (exact) mass is 399 g/mol. The van der Waals surface area contributed by atoms with Crippen molar-refractivity contribution in [3.63, 3.8) is 0 Å². The number of hydrogen-bond donors (Lipinski definition) is 4. The Bertz CT molecular complexity index is 754. The normalized spacial score (nSPS) is 19.3. The van der Waals surface area contributed by atoms with Crippen LogP contribution in [-0.2, 0) is 10.0 Å². The van der Waals surface area contributed by atoms with Gasteiger partial charge in [0.25, 0.3) is 0 Å². The molecule has 0 saturated carbocycles. The smallest absolute Gasteiger partial charge is 0.236 e. The molecule has 1 unspecified atom stereocenters. The first-order valence-electron chi connectivity index (χ1n) is 8.91. The Morgan fingerprint density at radius 3 is 2.59 bits per heavy atom. The number of nitrogens with zero attached hydrogens (tertiary/aromatic N) is 1. The molecule has 1 aliphatic heterocycles. The molecule has 152 valence electrons. The highest BCUT2D eigenvalue weighted by molar-refractivity contribution is 7.92. The van der Waals surface area contributed by atoms with Crippen LogP contribution in [0.5, 0.6) is 5.75 Å². The van der Waals surface area contributed by atoms with E-state index in [0.29, 0.717) is 38.1 Å². The molecule has 0 aliphatic carbocycles. The molecule has 27 heavy (non-hydrogen) atoms. The number of benzene rings is 1. The maximum Gasteiger partial charge on any atom is 0.236 e.